The first-order valence-corrected chi connectivity index (χ1v) is 26.1. The van der Waals surface area contributed by atoms with E-state index in [-0.39, 0.29) is 25.7 Å². The highest BCUT2D eigenvalue weighted by Gasteiger charge is 2.51. The van der Waals surface area contributed by atoms with Crippen LogP contribution in [0.15, 0.2) is 60.8 Å². The first-order valence-electron chi connectivity index (χ1n) is 23.1. The van der Waals surface area contributed by atoms with E-state index in [4.69, 9.17) is 23.0 Å². The summed E-state index contributed by atoms with van der Waals surface area (Å²) in [6.45, 7) is 2.38. The summed E-state index contributed by atoms with van der Waals surface area (Å²) in [7, 11) is -11.4. The van der Waals surface area contributed by atoms with Crippen molar-refractivity contribution in [1.29, 1.82) is 0 Å². The minimum Gasteiger partial charge on any atom is -0.461 e. The summed E-state index contributed by atoms with van der Waals surface area (Å²) in [5.41, 5.74) is 0. The molecular formula is C45H76O19P2. The number of aliphatic hydroxyl groups excluding tert-OH is 7. The van der Waals surface area contributed by atoms with E-state index in [9.17, 15) is 69.1 Å². The van der Waals surface area contributed by atoms with Crippen LogP contribution in [0.5, 0.6) is 0 Å². The molecule has 1 saturated carbocycles. The van der Waals surface area contributed by atoms with Gasteiger partial charge in [0.05, 0.1) is 43.5 Å². The van der Waals surface area contributed by atoms with Gasteiger partial charge < -0.3 is 59.9 Å². The molecule has 19 nitrogen and oxygen atoms in total. The standard InChI is InChI=1S/C45H76O19P2/c1-3-5-7-8-9-10-11-12-13-14-15-16-17-18-20-26-39(50)62-33-30-60-38(49)25-22-21-24-34-36(47)29-37(48)35(28-27-32(46)23-19-6-4-2)41(52)44(63-65(55,56)57)45(43(54)42(53)40(34)51)64-66(58,59)61-31-33/h5,7,9-10,12-13,21-22,27-28,32-37,40-48,51-54H,3-4,6,8,11,14-20,23-26,29-31H2,1-2H3,(H,58,59)(H2,55,56,57)/b7-5-,10-9-,13-12-,22-21-,28-27+/t32-,33-,34-,35+,36+,37-,40-,41-,42+,43-,44-,45+/m1/s1. The Morgan fingerprint density at radius 1 is 0.848 bits per heavy atom. The molecule has 0 saturated heterocycles. The van der Waals surface area contributed by atoms with E-state index in [0.717, 1.165) is 63.9 Å². The lowest BCUT2D eigenvalue weighted by molar-refractivity contribution is -0.165. The number of phosphoric acid groups is 2. The van der Waals surface area contributed by atoms with Crippen molar-refractivity contribution >= 4 is 27.6 Å². The lowest BCUT2D eigenvalue weighted by Gasteiger charge is -2.38. The van der Waals surface area contributed by atoms with Crippen LogP contribution in [0.3, 0.4) is 0 Å². The molecule has 0 aromatic carbocycles. The van der Waals surface area contributed by atoms with Crippen molar-refractivity contribution in [2.75, 3.05) is 13.2 Å². The molecule has 21 heteroatoms. The zero-order valence-corrected chi connectivity index (χ0v) is 40.0. The van der Waals surface area contributed by atoms with Crippen LogP contribution in [-0.2, 0) is 41.8 Å². The number of fused-ring (bicyclic) bond motifs is 4. The summed E-state index contributed by atoms with van der Waals surface area (Å²) >= 11 is 0. The second-order valence-electron chi connectivity index (χ2n) is 16.7. The lowest BCUT2D eigenvalue weighted by atomic mass is 9.83. The van der Waals surface area contributed by atoms with Crippen molar-refractivity contribution in [1.82, 2.24) is 0 Å². The van der Waals surface area contributed by atoms with Crippen LogP contribution >= 0.6 is 15.6 Å². The van der Waals surface area contributed by atoms with Gasteiger partial charge in [-0.2, -0.15) is 0 Å². The number of phosphoric ester groups is 2. The maximum atomic E-state index is 13.7. The van der Waals surface area contributed by atoms with Crippen LogP contribution in [-0.4, -0.2) is 137 Å². The van der Waals surface area contributed by atoms with Crippen molar-refractivity contribution in [3.63, 3.8) is 0 Å². The van der Waals surface area contributed by atoms with Gasteiger partial charge in [-0.05, 0) is 51.4 Å². The van der Waals surface area contributed by atoms with E-state index < -0.39 is 120 Å². The van der Waals surface area contributed by atoms with Crippen molar-refractivity contribution in [2.24, 2.45) is 11.8 Å². The maximum absolute atomic E-state index is 13.7. The summed E-state index contributed by atoms with van der Waals surface area (Å²) in [4.78, 5) is 56.5. The molecule has 2 bridgehead atoms. The van der Waals surface area contributed by atoms with Gasteiger partial charge in [-0.25, -0.2) is 9.13 Å². The predicted octanol–water partition coefficient (Wildman–Crippen LogP) is 4.66. The van der Waals surface area contributed by atoms with E-state index in [1.54, 1.807) is 0 Å². The van der Waals surface area contributed by atoms with Gasteiger partial charge in [-0.1, -0.05) is 113 Å². The first kappa shape index (κ1) is 59.7. The number of rotatable bonds is 22. The number of carbonyl (C=O) groups is 2. The molecule has 1 fully saturated rings. The second-order valence-corrected chi connectivity index (χ2v) is 19.3. The van der Waals surface area contributed by atoms with Gasteiger partial charge >= 0.3 is 27.6 Å². The largest absolute Gasteiger partial charge is 0.472 e. The van der Waals surface area contributed by atoms with Gasteiger partial charge in [0.15, 0.2) is 6.10 Å². The molecule has 13 atom stereocenters. The van der Waals surface area contributed by atoms with Gasteiger partial charge in [0, 0.05) is 24.7 Å². The molecule has 0 aromatic rings. The van der Waals surface area contributed by atoms with Crippen LogP contribution in [0, 0.1) is 11.8 Å². The van der Waals surface area contributed by atoms with E-state index in [2.05, 4.69) is 43.4 Å². The summed E-state index contributed by atoms with van der Waals surface area (Å²) in [5.74, 6) is -4.79. The third kappa shape index (κ3) is 24.2. The Morgan fingerprint density at radius 2 is 1.52 bits per heavy atom. The molecule has 0 spiro atoms. The number of allylic oxidation sites excluding steroid dienone is 7. The number of carbonyl (C=O) groups excluding carboxylic acids is 2. The van der Waals surface area contributed by atoms with Gasteiger partial charge in [-0.3, -0.25) is 23.2 Å². The first-order chi connectivity index (χ1) is 31.3. The molecule has 2 rings (SSSR count). The third-order valence-electron chi connectivity index (χ3n) is 11.2. The molecule has 1 aliphatic heterocycles. The van der Waals surface area contributed by atoms with Gasteiger partial charge in [0.25, 0.3) is 0 Å². The Hall–Kier alpha value is -2.42. The van der Waals surface area contributed by atoms with Crippen molar-refractivity contribution in [3.8, 4) is 0 Å². The zero-order chi connectivity index (χ0) is 49.1. The van der Waals surface area contributed by atoms with Crippen molar-refractivity contribution in [2.45, 2.75) is 184 Å². The smallest absolute Gasteiger partial charge is 0.461 e. The fraction of sp³-hybridized carbons (Fsp3) is 0.733. The third-order valence-corrected chi connectivity index (χ3v) is 12.7. The SMILES string of the molecule is CC/C=C\C/C=C\C/C=C\CCCCCCCC(=O)O[C@@H]1COC(=O)C/C=C\C[C@H]2[C@@H](O)[C@H](O)[C@@H](O)[C@H](OP(=O)(O)OC1)[C@H](OP(=O)(O)O)[C@H](O)[C@@H](/C=C/[C@H](O)CCCCC)[C@H](O)C[C@@H]2O. The predicted molar refractivity (Wildman–Crippen MR) is 243 cm³/mol. The van der Waals surface area contributed by atoms with Crippen molar-refractivity contribution < 1.29 is 92.2 Å². The molecule has 380 valence electrons. The normalized spacial score (nSPS) is 32.5. The van der Waals surface area contributed by atoms with Gasteiger partial charge in [0.2, 0.25) is 0 Å². The maximum Gasteiger partial charge on any atom is 0.472 e. The molecule has 0 amide bonds. The summed E-state index contributed by atoms with van der Waals surface area (Å²) in [6, 6.07) is 0. The fourth-order valence-corrected chi connectivity index (χ4v) is 9.01. The summed E-state index contributed by atoms with van der Waals surface area (Å²) in [5, 5.41) is 79.3. The van der Waals surface area contributed by atoms with Gasteiger partial charge in [0.1, 0.15) is 31.0 Å². The Balaban J connectivity index is 2.34. The van der Waals surface area contributed by atoms with E-state index in [1.165, 1.54) is 18.2 Å². The molecule has 1 heterocycles. The topological polar surface area (TPSA) is 317 Å². The number of aliphatic hydroxyl groups is 7. The Bertz CT molecular complexity index is 1630. The Morgan fingerprint density at radius 3 is 2.20 bits per heavy atom. The summed E-state index contributed by atoms with van der Waals surface area (Å²) in [6.07, 6.45) is 5.09. The fourth-order valence-electron chi connectivity index (χ4n) is 7.48. The molecule has 10 N–H and O–H groups in total. The average Bonchev–Trinajstić information content (AvgIpc) is 3.25. The molecule has 1 aliphatic carbocycles. The second kappa shape index (κ2) is 32.4. The number of cyclic esters (lactones) is 1. The number of hydrogen-bond acceptors (Lipinski definition) is 16. The number of ether oxygens (including phenoxy) is 2. The lowest BCUT2D eigenvalue weighted by Crippen LogP contribution is -2.56. The molecule has 1 unspecified atom stereocenters. The Kier molecular flexibility index (Phi) is 29.3. The van der Waals surface area contributed by atoms with Crippen LogP contribution < -0.4 is 0 Å². The monoisotopic (exact) mass is 982 g/mol. The highest BCUT2D eigenvalue weighted by atomic mass is 31.2. The average molecular weight is 983 g/mol. The van der Waals surface area contributed by atoms with Crippen LogP contribution in [0.25, 0.3) is 0 Å². The number of unbranched alkanes of at least 4 members (excludes halogenated alkanes) is 7. The van der Waals surface area contributed by atoms with Crippen LogP contribution in [0.4, 0.5) is 0 Å². The van der Waals surface area contributed by atoms with E-state index in [1.807, 2.05) is 6.92 Å². The molecule has 0 radical (unpaired) electrons. The minimum absolute atomic E-state index is 0.0574. The van der Waals surface area contributed by atoms with E-state index >= 15 is 0 Å². The van der Waals surface area contributed by atoms with Crippen LogP contribution in [0.1, 0.15) is 123 Å². The molecule has 66 heavy (non-hydrogen) atoms. The van der Waals surface area contributed by atoms with Crippen LogP contribution in [0.2, 0.25) is 0 Å². The summed E-state index contributed by atoms with van der Waals surface area (Å²) < 4.78 is 51.8. The number of hydrogen-bond donors (Lipinski definition) is 10. The van der Waals surface area contributed by atoms with Crippen molar-refractivity contribution in [3.05, 3.63) is 60.8 Å². The highest BCUT2D eigenvalue weighted by Crippen LogP contribution is 2.49. The van der Waals surface area contributed by atoms with E-state index in [0.29, 0.717) is 19.3 Å². The zero-order valence-electron chi connectivity index (χ0n) is 38.2. The molecular weight excluding hydrogens is 906 g/mol. The quantitative estimate of drug-likeness (QED) is 0.0305. The number of esters is 2. The Labute approximate surface area is 388 Å². The highest BCUT2D eigenvalue weighted by molar-refractivity contribution is 7.47. The minimum atomic E-state index is -5.76. The molecule has 0 aromatic heterocycles. The van der Waals surface area contributed by atoms with Gasteiger partial charge in [-0.15, -0.1) is 0 Å². The molecule has 2 aliphatic rings.